The van der Waals surface area contributed by atoms with Crippen molar-refractivity contribution in [2.75, 3.05) is 13.2 Å². The average molecular weight is 575 g/mol. The third-order valence-electron chi connectivity index (χ3n) is 7.31. The number of benzene rings is 2. The van der Waals surface area contributed by atoms with Gasteiger partial charge >= 0.3 is 0 Å². The highest BCUT2D eigenvalue weighted by atomic mass is 16.7. The first-order valence-corrected chi connectivity index (χ1v) is 14.4. The molecule has 0 spiro atoms. The van der Waals surface area contributed by atoms with Crippen molar-refractivity contribution in [2.45, 2.75) is 57.2 Å². The number of ether oxygens (including phenoxy) is 4. The second-order valence-electron chi connectivity index (χ2n) is 10.5. The van der Waals surface area contributed by atoms with Crippen molar-refractivity contribution in [1.82, 2.24) is 19.1 Å². The van der Waals surface area contributed by atoms with Gasteiger partial charge in [0.15, 0.2) is 12.6 Å². The first-order valence-electron chi connectivity index (χ1n) is 14.4. The molecular formula is C32H38N4O6. The van der Waals surface area contributed by atoms with Gasteiger partial charge in [0.05, 0.1) is 44.0 Å². The third kappa shape index (κ3) is 7.64. The topological polar surface area (TPSA) is 110 Å². The lowest BCUT2D eigenvalue weighted by atomic mass is 10.1. The zero-order chi connectivity index (χ0) is 29.3. The smallest absolute Gasteiger partial charge is 0.211 e. The number of ketones is 1. The fourth-order valence-electron chi connectivity index (χ4n) is 4.85. The van der Waals surface area contributed by atoms with Crippen LogP contribution in [-0.2, 0) is 23.6 Å². The van der Waals surface area contributed by atoms with Gasteiger partial charge in [-0.1, -0.05) is 12.1 Å². The summed E-state index contributed by atoms with van der Waals surface area (Å²) in [5.41, 5.74) is 2.77. The number of rotatable bonds is 8. The van der Waals surface area contributed by atoms with Crippen molar-refractivity contribution < 1.29 is 28.8 Å². The third-order valence-corrected chi connectivity index (χ3v) is 7.31. The molecule has 1 N–H and O–H groups in total. The molecule has 2 aromatic carbocycles. The molecule has 0 bridgehead atoms. The number of carbonyl (C=O) groups is 1. The van der Waals surface area contributed by atoms with Crippen LogP contribution in [0.3, 0.4) is 0 Å². The summed E-state index contributed by atoms with van der Waals surface area (Å²) in [6.45, 7) is 1.52. The molecule has 3 unspecified atom stereocenters. The van der Waals surface area contributed by atoms with Gasteiger partial charge in [0.25, 0.3) is 0 Å². The maximum atomic E-state index is 12.3. The van der Waals surface area contributed by atoms with Crippen molar-refractivity contribution in [2.24, 2.45) is 14.1 Å². The summed E-state index contributed by atoms with van der Waals surface area (Å²) in [5, 5.41) is 10.3. The Kier molecular flexibility index (Phi) is 10.0. The zero-order valence-corrected chi connectivity index (χ0v) is 24.1. The van der Waals surface area contributed by atoms with Crippen LogP contribution in [0.2, 0.25) is 0 Å². The maximum Gasteiger partial charge on any atom is 0.211 e. The first kappa shape index (κ1) is 29.5. The van der Waals surface area contributed by atoms with Crippen LogP contribution >= 0.6 is 0 Å². The predicted octanol–water partition coefficient (Wildman–Crippen LogP) is 4.96. The highest BCUT2D eigenvalue weighted by Crippen LogP contribution is 2.25. The van der Waals surface area contributed by atoms with Gasteiger partial charge in [-0.3, -0.25) is 4.79 Å². The molecule has 10 heteroatoms. The molecule has 2 fully saturated rings. The van der Waals surface area contributed by atoms with Crippen molar-refractivity contribution >= 4 is 5.78 Å². The minimum absolute atomic E-state index is 0.0459. The second kappa shape index (κ2) is 14.3. The number of carbonyl (C=O) groups excluding carboxylic acids is 1. The Morgan fingerprint density at radius 2 is 1.36 bits per heavy atom. The van der Waals surface area contributed by atoms with Gasteiger partial charge in [0, 0.05) is 32.5 Å². The number of nitrogens with zero attached hydrogens (tertiary/aromatic N) is 4. The van der Waals surface area contributed by atoms with E-state index in [4.69, 9.17) is 18.9 Å². The van der Waals surface area contributed by atoms with Gasteiger partial charge in [-0.25, -0.2) is 9.97 Å². The maximum absolute atomic E-state index is 12.3. The van der Waals surface area contributed by atoms with E-state index in [0.29, 0.717) is 11.3 Å². The standard InChI is InChI=1S/C16H20N2O3.C16H18N2O3/c2*1-18-11-17-10-14(18)16(19)12-5-7-13(8-6-12)21-15-4-2-3-9-20-15/h5-8,10-11,15-16,19H,2-4,9H2,1H3;5-8,10-11,15H,2-4,9H2,1H3. The predicted molar refractivity (Wildman–Crippen MR) is 155 cm³/mol. The molecule has 0 aliphatic carbocycles. The van der Waals surface area contributed by atoms with Gasteiger partial charge < -0.3 is 33.2 Å². The van der Waals surface area contributed by atoms with Crippen LogP contribution in [0.25, 0.3) is 0 Å². The number of aryl methyl sites for hydroxylation is 2. The molecule has 3 atom stereocenters. The molecule has 2 saturated heterocycles. The van der Waals surface area contributed by atoms with Crippen LogP contribution in [0.1, 0.15) is 71.9 Å². The van der Waals surface area contributed by atoms with E-state index >= 15 is 0 Å². The van der Waals surface area contributed by atoms with Gasteiger partial charge in [-0.2, -0.15) is 0 Å². The molecule has 42 heavy (non-hydrogen) atoms. The Morgan fingerprint density at radius 3 is 1.83 bits per heavy atom. The number of aliphatic hydroxyl groups excluding tert-OH is 1. The van der Waals surface area contributed by atoms with Crippen LogP contribution in [0.15, 0.2) is 73.6 Å². The molecule has 4 heterocycles. The number of hydrogen-bond acceptors (Lipinski definition) is 8. The normalized spacial score (nSPS) is 19.3. The Bertz CT molecular complexity index is 1400. The van der Waals surface area contributed by atoms with Crippen LogP contribution in [0, 0.1) is 0 Å². The summed E-state index contributed by atoms with van der Waals surface area (Å²) in [6, 6.07) is 14.6. The molecule has 2 aromatic heterocycles. The highest BCUT2D eigenvalue weighted by molar-refractivity contribution is 6.07. The molecule has 4 aromatic rings. The van der Waals surface area contributed by atoms with E-state index in [-0.39, 0.29) is 18.4 Å². The first-order chi connectivity index (χ1) is 20.5. The van der Waals surface area contributed by atoms with Gasteiger partial charge in [-0.15, -0.1) is 0 Å². The van der Waals surface area contributed by atoms with E-state index in [0.717, 1.165) is 74.5 Å². The Balaban J connectivity index is 0.000000168. The summed E-state index contributed by atoms with van der Waals surface area (Å²) in [4.78, 5) is 20.3. The number of aliphatic hydroxyl groups is 1. The zero-order valence-electron chi connectivity index (χ0n) is 24.1. The summed E-state index contributed by atoms with van der Waals surface area (Å²) in [5.74, 6) is 1.45. The Labute approximate surface area is 245 Å². The largest absolute Gasteiger partial charge is 0.465 e. The number of aromatic nitrogens is 4. The lowest BCUT2D eigenvalue weighted by Gasteiger charge is -2.23. The molecule has 2 aliphatic rings. The summed E-state index contributed by atoms with van der Waals surface area (Å²) >= 11 is 0. The molecule has 0 radical (unpaired) electrons. The van der Waals surface area contributed by atoms with Gasteiger partial charge in [0.1, 0.15) is 23.3 Å². The fraction of sp³-hybridized carbons (Fsp3) is 0.406. The molecular weight excluding hydrogens is 536 g/mol. The molecule has 0 amide bonds. The van der Waals surface area contributed by atoms with Crippen molar-refractivity contribution in [3.05, 3.63) is 96.1 Å². The monoisotopic (exact) mass is 574 g/mol. The SMILES string of the molecule is Cn1cncc1C(=O)c1ccc(OC2CCCCO2)cc1.Cn1cncc1C(O)c1ccc(OC2CCCCO2)cc1. The minimum Gasteiger partial charge on any atom is -0.465 e. The Hall–Kier alpha value is -3.99. The molecule has 2 aliphatic heterocycles. The minimum atomic E-state index is -0.683. The highest BCUT2D eigenvalue weighted by Gasteiger charge is 2.18. The van der Waals surface area contributed by atoms with Gasteiger partial charge in [-0.05, 0) is 67.6 Å². The van der Waals surface area contributed by atoms with Crippen molar-refractivity contribution in [3.8, 4) is 11.5 Å². The van der Waals surface area contributed by atoms with Crippen LogP contribution in [0.4, 0.5) is 0 Å². The van der Waals surface area contributed by atoms with Crippen LogP contribution in [-0.4, -0.2) is 55.8 Å². The van der Waals surface area contributed by atoms with Gasteiger partial charge in [0.2, 0.25) is 5.78 Å². The second-order valence-corrected chi connectivity index (χ2v) is 10.5. The molecule has 0 saturated carbocycles. The van der Waals surface area contributed by atoms with E-state index in [1.54, 1.807) is 48.8 Å². The Morgan fingerprint density at radius 1 is 0.810 bits per heavy atom. The lowest BCUT2D eigenvalue weighted by Crippen LogP contribution is -2.24. The fourth-order valence-corrected chi connectivity index (χ4v) is 4.85. The lowest BCUT2D eigenvalue weighted by molar-refractivity contribution is -0.106. The van der Waals surface area contributed by atoms with E-state index in [2.05, 4.69) is 9.97 Å². The van der Waals surface area contributed by atoms with E-state index in [1.807, 2.05) is 48.0 Å². The summed E-state index contributed by atoms with van der Waals surface area (Å²) in [6.07, 6.45) is 11.9. The summed E-state index contributed by atoms with van der Waals surface area (Å²) < 4.78 is 26.1. The van der Waals surface area contributed by atoms with Crippen molar-refractivity contribution in [1.29, 1.82) is 0 Å². The number of imidazole rings is 2. The van der Waals surface area contributed by atoms with E-state index < -0.39 is 6.10 Å². The van der Waals surface area contributed by atoms with E-state index in [9.17, 15) is 9.90 Å². The number of hydrogen-bond donors (Lipinski definition) is 1. The van der Waals surface area contributed by atoms with Crippen LogP contribution in [0.5, 0.6) is 11.5 Å². The molecule has 10 nitrogen and oxygen atoms in total. The van der Waals surface area contributed by atoms with Crippen LogP contribution < -0.4 is 9.47 Å². The van der Waals surface area contributed by atoms with Crippen molar-refractivity contribution in [3.63, 3.8) is 0 Å². The van der Waals surface area contributed by atoms with E-state index in [1.165, 1.54) is 0 Å². The molecule has 222 valence electrons. The quantitative estimate of drug-likeness (QED) is 0.294. The average Bonchev–Trinajstić information content (AvgIpc) is 3.66. The summed E-state index contributed by atoms with van der Waals surface area (Å²) in [7, 11) is 3.67. The molecule has 6 rings (SSSR count).